The van der Waals surface area contributed by atoms with E-state index in [2.05, 4.69) is 16.4 Å². The molecule has 0 aliphatic heterocycles. The molecule has 0 saturated carbocycles. The average molecular weight is 258 g/mol. The van der Waals surface area contributed by atoms with Crippen LogP contribution in [0.2, 0.25) is 0 Å². The van der Waals surface area contributed by atoms with Gasteiger partial charge in [0.1, 0.15) is 0 Å². The summed E-state index contributed by atoms with van der Waals surface area (Å²) in [6.45, 7) is 2.50. The van der Waals surface area contributed by atoms with Crippen molar-refractivity contribution in [2.45, 2.75) is 13.3 Å². The monoisotopic (exact) mass is 258 g/mol. The number of aromatic nitrogens is 1. The van der Waals surface area contributed by atoms with Crippen LogP contribution in [-0.4, -0.2) is 17.4 Å². The van der Waals surface area contributed by atoms with Gasteiger partial charge in [0, 0.05) is 12.7 Å². The van der Waals surface area contributed by atoms with Crippen LogP contribution in [0.15, 0.2) is 42.7 Å². The second kappa shape index (κ2) is 6.09. The van der Waals surface area contributed by atoms with Crippen molar-refractivity contribution >= 4 is 5.91 Å². The third-order valence-electron chi connectivity index (χ3n) is 2.80. The number of carbonyl (C=O) groups is 1. The number of halogens is 1. The van der Waals surface area contributed by atoms with Gasteiger partial charge >= 0.3 is 0 Å². The molecule has 98 valence electrons. The number of benzene rings is 1. The third-order valence-corrected chi connectivity index (χ3v) is 2.80. The summed E-state index contributed by atoms with van der Waals surface area (Å²) < 4.78 is 13.3. The summed E-state index contributed by atoms with van der Waals surface area (Å²) in [5.74, 6) is -1.01. The van der Waals surface area contributed by atoms with Gasteiger partial charge < -0.3 is 5.32 Å². The molecule has 0 atom stereocenters. The number of pyridine rings is 1. The van der Waals surface area contributed by atoms with Crippen LogP contribution < -0.4 is 5.32 Å². The fraction of sp³-hybridized carbons (Fsp3) is 0.200. The zero-order valence-corrected chi connectivity index (χ0v) is 10.7. The number of hydrogen-bond acceptors (Lipinski definition) is 2. The lowest BCUT2D eigenvalue weighted by Crippen LogP contribution is -2.26. The molecular weight excluding hydrogens is 243 g/mol. The molecule has 0 unspecified atom stereocenters. The van der Waals surface area contributed by atoms with E-state index in [-0.39, 0.29) is 5.56 Å². The van der Waals surface area contributed by atoms with Gasteiger partial charge in [-0.25, -0.2) is 4.39 Å². The first kappa shape index (κ1) is 13.2. The lowest BCUT2D eigenvalue weighted by atomic mass is 10.1. The van der Waals surface area contributed by atoms with Crippen LogP contribution in [0.25, 0.3) is 0 Å². The minimum atomic E-state index is -0.601. The topological polar surface area (TPSA) is 42.0 Å². The minimum absolute atomic E-state index is 0.0271. The lowest BCUT2D eigenvalue weighted by Gasteiger charge is -2.06. The molecule has 1 amide bonds. The van der Waals surface area contributed by atoms with E-state index < -0.39 is 11.7 Å². The first-order valence-corrected chi connectivity index (χ1v) is 6.10. The van der Waals surface area contributed by atoms with E-state index in [0.717, 1.165) is 18.2 Å². The van der Waals surface area contributed by atoms with E-state index in [1.54, 1.807) is 0 Å². The smallest absolute Gasteiger partial charge is 0.254 e. The molecule has 2 rings (SSSR count). The maximum absolute atomic E-state index is 13.3. The Labute approximate surface area is 111 Å². The predicted octanol–water partition coefficient (Wildman–Crippen LogP) is 2.50. The summed E-state index contributed by atoms with van der Waals surface area (Å²) in [6.07, 6.45) is 3.16. The molecule has 0 radical (unpaired) electrons. The highest BCUT2D eigenvalue weighted by atomic mass is 19.1. The van der Waals surface area contributed by atoms with Crippen molar-refractivity contribution in [1.82, 2.24) is 10.3 Å². The molecule has 1 aromatic heterocycles. The van der Waals surface area contributed by atoms with Crippen molar-refractivity contribution in [2.24, 2.45) is 0 Å². The van der Waals surface area contributed by atoms with Crippen LogP contribution in [-0.2, 0) is 6.42 Å². The normalized spacial score (nSPS) is 10.2. The van der Waals surface area contributed by atoms with Crippen LogP contribution in [0.3, 0.4) is 0 Å². The van der Waals surface area contributed by atoms with Crippen LogP contribution in [0, 0.1) is 12.7 Å². The molecule has 1 aromatic carbocycles. The molecule has 19 heavy (non-hydrogen) atoms. The van der Waals surface area contributed by atoms with Gasteiger partial charge in [0.25, 0.3) is 5.91 Å². The highest BCUT2D eigenvalue weighted by Gasteiger charge is 2.10. The van der Waals surface area contributed by atoms with Gasteiger partial charge in [0.05, 0.1) is 11.8 Å². The van der Waals surface area contributed by atoms with Gasteiger partial charge in [-0.3, -0.25) is 9.78 Å². The van der Waals surface area contributed by atoms with Gasteiger partial charge in [-0.1, -0.05) is 29.8 Å². The van der Waals surface area contributed by atoms with E-state index >= 15 is 0 Å². The minimum Gasteiger partial charge on any atom is -0.352 e. The Hall–Kier alpha value is -2.23. The second-order valence-corrected chi connectivity index (χ2v) is 4.35. The Kier molecular flexibility index (Phi) is 4.23. The number of aryl methyl sites for hydroxylation is 1. The SMILES string of the molecule is Cc1cccc(CCNC(=O)c2ccncc2F)c1. The van der Waals surface area contributed by atoms with Crippen molar-refractivity contribution in [1.29, 1.82) is 0 Å². The van der Waals surface area contributed by atoms with E-state index in [4.69, 9.17) is 0 Å². The molecule has 0 saturated heterocycles. The Balaban J connectivity index is 1.90. The molecule has 4 heteroatoms. The summed E-state index contributed by atoms with van der Waals surface area (Å²) in [5.41, 5.74) is 2.36. The first-order valence-electron chi connectivity index (χ1n) is 6.10. The van der Waals surface area contributed by atoms with Crippen molar-refractivity contribution in [3.8, 4) is 0 Å². The standard InChI is InChI=1S/C15H15FN2O/c1-11-3-2-4-12(9-11)5-8-18-15(19)13-6-7-17-10-14(13)16/h2-4,6-7,9-10H,5,8H2,1H3,(H,18,19). The third kappa shape index (κ3) is 3.61. The number of carbonyl (C=O) groups excluding carboxylic acids is 1. The molecule has 0 spiro atoms. The summed E-state index contributed by atoms with van der Waals surface area (Å²) in [4.78, 5) is 15.4. The van der Waals surface area contributed by atoms with Crippen LogP contribution in [0.4, 0.5) is 4.39 Å². The highest BCUT2D eigenvalue weighted by molar-refractivity contribution is 5.94. The Bertz CT molecular complexity index is 584. The van der Waals surface area contributed by atoms with E-state index in [1.807, 2.05) is 25.1 Å². The van der Waals surface area contributed by atoms with Gasteiger partial charge in [-0.2, -0.15) is 0 Å². The van der Waals surface area contributed by atoms with Crippen LogP contribution >= 0.6 is 0 Å². The second-order valence-electron chi connectivity index (χ2n) is 4.35. The number of rotatable bonds is 4. The van der Waals surface area contributed by atoms with Gasteiger partial charge in [0.15, 0.2) is 5.82 Å². The van der Waals surface area contributed by atoms with Crippen molar-refractivity contribution < 1.29 is 9.18 Å². The molecule has 1 N–H and O–H groups in total. The number of hydrogen-bond donors (Lipinski definition) is 1. The summed E-state index contributed by atoms with van der Waals surface area (Å²) in [7, 11) is 0. The van der Waals surface area contributed by atoms with Crippen molar-refractivity contribution in [2.75, 3.05) is 6.54 Å². The number of nitrogens with one attached hydrogen (secondary N) is 1. The molecule has 0 aliphatic carbocycles. The average Bonchev–Trinajstić information content (AvgIpc) is 2.39. The molecule has 1 heterocycles. The van der Waals surface area contributed by atoms with Crippen LogP contribution in [0.1, 0.15) is 21.5 Å². The Morgan fingerprint density at radius 1 is 1.37 bits per heavy atom. The van der Waals surface area contributed by atoms with Crippen molar-refractivity contribution in [3.63, 3.8) is 0 Å². The molecule has 3 nitrogen and oxygen atoms in total. The zero-order valence-electron chi connectivity index (χ0n) is 10.7. The van der Waals surface area contributed by atoms with Gasteiger partial charge in [-0.05, 0) is 25.0 Å². The highest BCUT2D eigenvalue weighted by Crippen LogP contribution is 2.06. The largest absolute Gasteiger partial charge is 0.352 e. The molecule has 2 aromatic rings. The number of nitrogens with zero attached hydrogens (tertiary/aromatic N) is 1. The van der Waals surface area contributed by atoms with Crippen LogP contribution in [0.5, 0.6) is 0 Å². The maximum atomic E-state index is 13.3. The van der Waals surface area contributed by atoms with E-state index in [1.165, 1.54) is 17.8 Å². The summed E-state index contributed by atoms with van der Waals surface area (Å²) in [6, 6.07) is 9.45. The predicted molar refractivity (Wildman–Crippen MR) is 71.4 cm³/mol. The lowest BCUT2D eigenvalue weighted by molar-refractivity contribution is 0.0950. The van der Waals surface area contributed by atoms with E-state index in [9.17, 15) is 9.18 Å². The summed E-state index contributed by atoms with van der Waals surface area (Å²) >= 11 is 0. The van der Waals surface area contributed by atoms with E-state index in [0.29, 0.717) is 6.54 Å². The quantitative estimate of drug-likeness (QED) is 0.915. The first-order chi connectivity index (χ1) is 9.16. The van der Waals surface area contributed by atoms with Crippen molar-refractivity contribution in [3.05, 3.63) is 65.2 Å². The Morgan fingerprint density at radius 3 is 2.95 bits per heavy atom. The van der Waals surface area contributed by atoms with Gasteiger partial charge in [-0.15, -0.1) is 0 Å². The molecular formula is C15H15FN2O. The number of amides is 1. The van der Waals surface area contributed by atoms with Gasteiger partial charge in [0.2, 0.25) is 0 Å². The fourth-order valence-electron chi connectivity index (χ4n) is 1.84. The fourth-order valence-corrected chi connectivity index (χ4v) is 1.84. The molecule has 0 bridgehead atoms. The molecule has 0 fully saturated rings. The zero-order chi connectivity index (χ0) is 13.7. The summed E-state index contributed by atoms with van der Waals surface area (Å²) in [5, 5.41) is 2.70. The molecule has 0 aliphatic rings. The Morgan fingerprint density at radius 2 is 2.21 bits per heavy atom. The maximum Gasteiger partial charge on any atom is 0.254 e.